The Morgan fingerprint density at radius 1 is 1.29 bits per heavy atom. The Balaban J connectivity index is 2.79. The van der Waals surface area contributed by atoms with Crippen LogP contribution in [0.2, 0.25) is 10.0 Å². The first kappa shape index (κ1) is 17.6. The lowest BCUT2D eigenvalue weighted by atomic mass is 9.85. The molecule has 0 aliphatic carbocycles. The first-order valence-electron chi connectivity index (χ1n) is 6.34. The van der Waals surface area contributed by atoms with E-state index in [1.54, 1.807) is 18.2 Å². The highest BCUT2D eigenvalue weighted by Gasteiger charge is 2.28. The molecule has 1 atom stereocenters. The van der Waals surface area contributed by atoms with Gasteiger partial charge in [-0.25, -0.2) is 4.79 Å². The number of carboxylic acid groups (broad SMARTS) is 1. The number of carbonyl (C=O) groups excluding carboxylic acids is 1. The van der Waals surface area contributed by atoms with E-state index in [-0.39, 0.29) is 11.4 Å². The molecule has 0 aliphatic rings. The van der Waals surface area contributed by atoms with Crippen LogP contribution in [0.5, 0.6) is 0 Å². The predicted molar refractivity (Wildman–Crippen MR) is 84.1 cm³/mol. The van der Waals surface area contributed by atoms with Crippen LogP contribution in [0.4, 0.5) is 10.5 Å². The number of rotatable bonds is 4. The van der Waals surface area contributed by atoms with E-state index < -0.39 is 23.5 Å². The molecule has 0 radical (unpaired) electrons. The number of aliphatic carboxylic acids is 1. The number of halogens is 2. The fourth-order valence-electron chi connectivity index (χ4n) is 1.67. The van der Waals surface area contributed by atoms with Crippen molar-refractivity contribution >= 4 is 40.9 Å². The van der Waals surface area contributed by atoms with E-state index in [4.69, 9.17) is 28.3 Å². The molecular weight excluding hydrogens is 315 g/mol. The van der Waals surface area contributed by atoms with Crippen molar-refractivity contribution in [1.82, 2.24) is 5.32 Å². The topological polar surface area (TPSA) is 78.4 Å². The van der Waals surface area contributed by atoms with Crippen LogP contribution in [-0.2, 0) is 4.79 Å². The van der Waals surface area contributed by atoms with Gasteiger partial charge in [-0.05, 0) is 17.5 Å². The minimum absolute atomic E-state index is 0.166. The summed E-state index contributed by atoms with van der Waals surface area (Å²) < 4.78 is 0. The second-order valence-corrected chi connectivity index (χ2v) is 6.50. The summed E-state index contributed by atoms with van der Waals surface area (Å²) in [5, 5.41) is 14.7. The van der Waals surface area contributed by atoms with Crippen LogP contribution in [0.3, 0.4) is 0 Å². The second kappa shape index (κ2) is 7.00. The van der Waals surface area contributed by atoms with Crippen LogP contribution >= 0.6 is 23.2 Å². The zero-order valence-corrected chi connectivity index (χ0v) is 13.5. The largest absolute Gasteiger partial charge is 0.481 e. The Morgan fingerprint density at radius 2 is 1.90 bits per heavy atom. The molecule has 0 saturated heterocycles. The van der Waals surface area contributed by atoms with Crippen LogP contribution in [0.25, 0.3) is 0 Å². The van der Waals surface area contributed by atoms with Gasteiger partial charge >= 0.3 is 12.0 Å². The molecule has 0 aliphatic heterocycles. The zero-order valence-electron chi connectivity index (χ0n) is 12.0. The van der Waals surface area contributed by atoms with Crippen molar-refractivity contribution in [2.45, 2.75) is 33.2 Å². The van der Waals surface area contributed by atoms with Crippen LogP contribution in [0, 0.1) is 5.41 Å². The number of urea groups is 1. The predicted octanol–water partition coefficient (Wildman–Crippen LogP) is 4.00. The van der Waals surface area contributed by atoms with E-state index in [1.165, 1.54) is 0 Å². The fraction of sp³-hybridized carbons (Fsp3) is 0.429. The van der Waals surface area contributed by atoms with Gasteiger partial charge in [-0.3, -0.25) is 4.79 Å². The molecule has 5 nitrogen and oxygen atoms in total. The van der Waals surface area contributed by atoms with Gasteiger partial charge in [-0.1, -0.05) is 50.0 Å². The number of amides is 2. The first-order chi connectivity index (χ1) is 9.61. The van der Waals surface area contributed by atoms with E-state index in [9.17, 15) is 9.59 Å². The summed E-state index contributed by atoms with van der Waals surface area (Å²) in [4.78, 5) is 22.9. The van der Waals surface area contributed by atoms with E-state index in [0.717, 1.165) is 0 Å². The lowest BCUT2D eigenvalue weighted by molar-refractivity contribution is -0.138. The van der Waals surface area contributed by atoms with E-state index in [0.29, 0.717) is 10.7 Å². The highest BCUT2D eigenvalue weighted by molar-refractivity contribution is 6.43. The molecule has 2 amide bonds. The maximum Gasteiger partial charge on any atom is 0.319 e. The average molecular weight is 333 g/mol. The lowest BCUT2D eigenvalue weighted by Gasteiger charge is -2.30. The van der Waals surface area contributed by atoms with Gasteiger partial charge in [0.1, 0.15) is 0 Å². The number of carbonyl (C=O) groups is 2. The van der Waals surface area contributed by atoms with Gasteiger partial charge in [0.2, 0.25) is 0 Å². The highest BCUT2D eigenvalue weighted by Crippen LogP contribution is 2.29. The third-order valence-electron chi connectivity index (χ3n) is 2.93. The van der Waals surface area contributed by atoms with Crippen molar-refractivity contribution in [2.75, 3.05) is 5.32 Å². The molecule has 116 valence electrons. The molecular formula is C14H18Cl2N2O3. The molecule has 3 N–H and O–H groups in total. The minimum Gasteiger partial charge on any atom is -0.481 e. The first-order valence-corrected chi connectivity index (χ1v) is 7.10. The maximum absolute atomic E-state index is 12.0. The van der Waals surface area contributed by atoms with Crippen LogP contribution in [0.15, 0.2) is 18.2 Å². The van der Waals surface area contributed by atoms with Gasteiger partial charge < -0.3 is 15.7 Å². The molecule has 21 heavy (non-hydrogen) atoms. The number of carboxylic acids is 1. The summed E-state index contributed by atoms with van der Waals surface area (Å²) in [5.74, 6) is -0.976. The number of benzene rings is 1. The average Bonchev–Trinajstić information content (AvgIpc) is 2.32. The smallest absolute Gasteiger partial charge is 0.319 e. The monoisotopic (exact) mass is 332 g/mol. The normalized spacial score (nSPS) is 12.6. The molecule has 0 bridgehead atoms. The van der Waals surface area contributed by atoms with Gasteiger partial charge in [0.25, 0.3) is 0 Å². The number of hydrogen-bond donors (Lipinski definition) is 3. The number of anilines is 1. The third-order valence-corrected chi connectivity index (χ3v) is 3.75. The minimum atomic E-state index is -0.976. The van der Waals surface area contributed by atoms with Gasteiger partial charge in [0.05, 0.1) is 22.2 Å². The molecule has 0 saturated carbocycles. The highest BCUT2D eigenvalue weighted by atomic mass is 35.5. The van der Waals surface area contributed by atoms with Crippen LogP contribution < -0.4 is 10.6 Å². The molecule has 1 aromatic rings. The van der Waals surface area contributed by atoms with Crippen molar-refractivity contribution in [3.8, 4) is 0 Å². The maximum atomic E-state index is 12.0. The Labute approximate surface area is 133 Å². The van der Waals surface area contributed by atoms with Gasteiger partial charge in [0, 0.05) is 6.04 Å². The van der Waals surface area contributed by atoms with Crippen molar-refractivity contribution in [2.24, 2.45) is 5.41 Å². The zero-order chi connectivity index (χ0) is 16.2. The molecule has 0 heterocycles. The molecule has 0 aromatic heterocycles. The summed E-state index contributed by atoms with van der Waals surface area (Å²) in [6, 6.07) is 3.82. The van der Waals surface area contributed by atoms with Gasteiger partial charge in [0.15, 0.2) is 0 Å². The van der Waals surface area contributed by atoms with E-state index >= 15 is 0 Å². The number of hydrogen-bond acceptors (Lipinski definition) is 2. The molecule has 0 fully saturated rings. The molecule has 1 unspecified atom stereocenters. The Hall–Kier alpha value is -1.46. The summed E-state index contributed by atoms with van der Waals surface area (Å²) in [6.07, 6.45) is -0.166. The molecule has 0 spiro atoms. The summed E-state index contributed by atoms with van der Waals surface area (Å²) in [5.41, 5.74) is -0.0296. The Morgan fingerprint density at radius 3 is 2.43 bits per heavy atom. The Kier molecular flexibility index (Phi) is 5.87. The fourth-order valence-corrected chi connectivity index (χ4v) is 2.01. The second-order valence-electron chi connectivity index (χ2n) is 5.72. The quantitative estimate of drug-likeness (QED) is 0.779. The van der Waals surface area contributed by atoms with Crippen molar-refractivity contribution < 1.29 is 14.7 Å². The standard InChI is InChI=1S/C14H18Cl2N2O3/c1-14(2,3)10(7-11(19)20)18-13(21)17-9-6-4-5-8(15)12(9)16/h4-6,10H,7H2,1-3H3,(H,19,20)(H2,17,18,21). The summed E-state index contributed by atoms with van der Waals surface area (Å²) in [6.45, 7) is 5.56. The van der Waals surface area contributed by atoms with Gasteiger partial charge in [-0.15, -0.1) is 0 Å². The molecule has 1 aromatic carbocycles. The SMILES string of the molecule is CC(C)(C)C(CC(=O)O)NC(=O)Nc1cccc(Cl)c1Cl. The summed E-state index contributed by atoms with van der Waals surface area (Å²) in [7, 11) is 0. The van der Waals surface area contributed by atoms with Crippen molar-refractivity contribution in [1.29, 1.82) is 0 Å². The van der Waals surface area contributed by atoms with Crippen LogP contribution in [0.1, 0.15) is 27.2 Å². The number of nitrogens with one attached hydrogen (secondary N) is 2. The van der Waals surface area contributed by atoms with E-state index in [2.05, 4.69) is 10.6 Å². The Bertz CT molecular complexity index is 542. The molecule has 7 heteroatoms. The lowest BCUT2D eigenvalue weighted by Crippen LogP contribution is -2.46. The summed E-state index contributed by atoms with van der Waals surface area (Å²) >= 11 is 11.8. The van der Waals surface area contributed by atoms with Crippen molar-refractivity contribution in [3.05, 3.63) is 28.2 Å². The van der Waals surface area contributed by atoms with Crippen molar-refractivity contribution in [3.63, 3.8) is 0 Å². The third kappa shape index (κ3) is 5.44. The molecule has 1 rings (SSSR count). The van der Waals surface area contributed by atoms with Gasteiger partial charge in [-0.2, -0.15) is 0 Å². The van der Waals surface area contributed by atoms with Crippen LogP contribution in [-0.4, -0.2) is 23.1 Å². The van der Waals surface area contributed by atoms with E-state index in [1.807, 2.05) is 20.8 Å².